The number of hydrogen-bond acceptors (Lipinski definition) is 3. The monoisotopic (exact) mass is 519 g/mol. The van der Waals surface area contributed by atoms with Crippen molar-refractivity contribution < 1.29 is 14.3 Å². The van der Waals surface area contributed by atoms with E-state index >= 15 is 0 Å². The van der Waals surface area contributed by atoms with Crippen LogP contribution in [0.1, 0.15) is 63.9 Å². The third-order valence-electron chi connectivity index (χ3n) is 7.50. The van der Waals surface area contributed by atoms with E-state index in [2.05, 4.69) is 58.2 Å². The molecule has 5 rings (SSSR count). The summed E-state index contributed by atoms with van der Waals surface area (Å²) in [5, 5.41) is 5.29. The molecule has 160 valence electrons. The number of nitrogens with one attached hydrogen (secondary N) is 1. The van der Waals surface area contributed by atoms with E-state index in [1.165, 1.54) is 60.3 Å². The molecule has 3 fully saturated rings. The highest BCUT2D eigenvalue weighted by Crippen LogP contribution is 2.41. The van der Waals surface area contributed by atoms with Crippen LogP contribution in [-0.2, 0) is 10.3 Å². The van der Waals surface area contributed by atoms with Crippen molar-refractivity contribution in [1.29, 1.82) is 0 Å². The van der Waals surface area contributed by atoms with Gasteiger partial charge in [0.2, 0.25) is 0 Å². The number of amides is 1. The Morgan fingerprint density at radius 2 is 1.77 bits per heavy atom. The molecule has 2 aliphatic carbocycles. The molecule has 2 aromatic rings. The number of hydrogen-bond donors (Lipinski definition) is 1. The Morgan fingerprint density at radius 1 is 1.03 bits per heavy atom. The van der Waals surface area contributed by atoms with E-state index in [9.17, 15) is 4.79 Å². The summed E-state index contributed by atoms with van der Waals surface area (Å²) in [6.45, 7) is 2.36. The van der Waals surface area contributed by atoms with Crippen LogP contribution < -0.4 is 10.1 Å². The predicted molar refractivity (Wildman–Crippen MR) is 127 cm³/mol. The minimum Gasteiger partial charge on any atom is -0.489 e. The van der Waals surface area contributed by atoms with Crippen LogP contribution in [0.25, 0.3) is 10.8 Å². The van der Waals surface area contributed by atoms with Gasteiger partial charge in [-0.05, 0) is 95.5 Å². The van der Waals surface area contributed by atoms with Crippen LogP contribution in [0.2, 0.25) is 0 Å². The first-order valence-corrected chi connectivity index (χ1v) is 12.4. The fourth-order valence-corrected chi connectivity index (χ4v) is 6.45. The average Bonchev–Trinajstić information content (AvgIpc) is 3.41. The second kappa shape index (κ2) is 8.21. The van der Waals surface area contributed by atoms with Crippen molar-refractivity contribution >= 4 is 39.5 Å². The van der Waals surface area contributed by atoms with Crippen molar-refractivity contribution in [1.82, 2.24) is 5.32 Å². The Hall–Kier alpha value is -1.50. The van der Waals surface area contributed by atoms with Gasteiger partial charge in [-0.3, -0.25) is 0 Å². The number of carbonyl (C=O) groups is 1. The van der Waals surface area contributed by atoms with Crippen molar-refractivity contribution in [3.63, 3.8) is 0 Å². The first-order valence-electron chi connectivity index (χ1n) is 11.4. The minimum absolute atomic E-state index is 0.345. The first-order chi connectivity index (χ1) is 14.5. The summed E-state index contributed by atoms with van der Waals surface area (Å²) in [6, 6.07) is 10.6. The quantitative estimate of drug-likeness (QED) is 0.468. The Morgan fingerprint density at radius 3 is 2.47 bits per heavy atom. The van der Waals surface area contributed by atoms with E-state index in [0.717, 1.165) is 28.5 Å². The number of alkyl carbamates (subject to hydrolysis) is 1. The van der Waals surface area contributed by atoms with E-state index in [0.29, 0.717) is 12.7 Å². The summed E-state index contributed by atoms with van der Waals surface area (Å²) in [5.41, 5.74) is 0.597. The molecule has 1 N–H and O–H groups in total. The van der Waals surface area contributed by atoms with E-state index in [1.54, 1.807) is 0 Å². The number of benzene rings is 2. The van der Waals surface area contributed by atoms with Gasteiger partial charge in [-0.15, -0.1) is 0 Å². The summed E-state index contributed by atoms with van der Waals surface area (Å²) in [7, 11) is 0. The minimum atomic E-state index is -0.468. The van der Waals surface area contributed by atoms with Gasteiger partial charge in [0.25, 0.3) is 0 Å². The molecule has 0 aromatic heterocycles. The number of cyclic esters (lactones) is 1. The zero-order valence-electron chi connectivity index (χ0n) is 17.6. The normalized spacial score (nSPS) is 29.7. The van der Waals surface area contributed by atoms with E-state index < -0.39 is 5.54 Å². The molecule has 2 saturated carbocycles. The third kappa shape index (κ3) is 3.90. The highest BCUT2D eigenvalue weighted by atomic mass is 127. The Kier molecular flexibility index (Phi) is 5.58. The lowest BCUT2D eigenvalue weighted by Gasteiger charge is -2.32. The second-order valence-corrected chi connectivity index (χ2v) is 10.6. The van der Waals surface area contributed by atoms with Gasteiger partial charge in [-0.1, -0.05) is 43.9 Å². The van der Waals surface area contributed by atoms with E-state index in [4.69, 9.17) is 9.47 Å². The molecule has 1 aliphatic heterocycles. The van der Waals surface area contributed by atoms with Crippen LogP contribution in [0.3, 0.4) is 0 Å². The fraction of sp³-hybridized carbons (Fsp3) is 0.560. The zero-order valence-corrected chi connectivity index (χ0v) is 19.7. The molecule has 1 amide bonds. The predicted octanol–water partition coefficient (Wildman–Crippen LogP) is 6.53. The van der Waals surface area contributed by atoms with Gasteiger partial charge < -0.3 is 14.8 Å². The van der Waals surface area contributed by atoms with Crippen molar-refractivity contribution in [2.75, 3.05) is 6.61 Å². The Bertz CT molecular complexity index is 947. The van der Waals surface area contributed by atoms with Crippen LogP contribution in [0.4, 0.5) is 4.79 Å². The van der Waals surface area contributed by atoms with Crippen LogP contribution in [0, 0.1) is 15.4 Å². The van der Waals surface area contributed by atoms with Crippen molar-refractivity contribution in [2.24, 2.45) is 11.8 Å². The SMILES string of the molecule is C[C@@]1(c2ccc3c(I)c(OC4CCC(C5CCCC5)CC4)ccc3c2)COC(=O)N1. The van der Waals surface area contributed by atoms with Gasteiger partial charge in [-0.25, -0.2) is 4.79 Å². The topological polar surface area (TPSA) is 47.6 Å². The average molecular weight is 519 g/mol. The molecule has 4 nitrogen and oxygen atoms in total. The van der Waals surface area contributed by atoms with E-state index in [-0.39, 0.29) is 6.09 Å². The molecule has 1 atom stereocenters. The van der Waals surface area contributed by atoms with Crippen molar-refractivity contribution in [2.45, 2.75) is 69.9 Å². The van der Waals surface area contributed by atoms with Crippen molar-refractivity contribution in [3.8, 4) is 5.75 Å². The zero-order chi connectivity index (χ0) is 20.7. The highest BCUT2D eigenvalue weighted by molar-refractivity contribution is 14.1. The molecule has 3 aliphatic rings. The van der Waals surface area contributed by atoms with Gasteiger partial charge in [0, 0.05) is 0 Å². The standard InChI is InChI=1S/C25H30INO3/c1-25(15-29-24(28)27-25)19-9-12-21-18(14-19)8-13-22(23(21)26)30-20-10-6-17(7-11-20)16-4-2-3-5-16/h8-9,12-14,16-17,20H,2-7,10-11,15H2,1H3,(H,27,28)/t17?,20?,25-/m0/s1. The lowest BCUT2D eigenvalue weighted by atomic mass is 9.78. The maximum Gasteiger partial charge on any atom is 0.408 e. The van der Waals surface area contributed by atoms with Gasteiger partial charge >= 0.3 is 6.09 Å². The molecule has 0 bridgehead atoms. The van der Waals surface area contributed by atoms with Gasteiger partial charge in [0.1, 0.15) is 12.4 Å². The summed E-state index contributed by atoms with van der Waals surface area (Å²) < 4.78 is 12.8. The molecule has 0 radical (unpaired) electrons. The molecular weight excluding hydrogens is 489 g/mol. The van der Waals surface area contributed by atoms with Crippen LogP contribution in [0.5, 0.6) is 5.75 Å². The maximum atomic E-state index is 11.5. The molecule has 0 unspecified atom stereocenters. The number of halogens is 1. The van der Waals surface area contributed by atoms with Crippen LogP contribution >= 0.6 is 22.6 Å². The number of carbonyl (C=O) groups excluding carboxylic acids is 1. The molecule has 5 heteroatoms. The van der Waals surface area contributed by atoms with Gasteiger partial charge in [-0.2, -0.15) is 0 Å². The first kappa shape index (κ1) is 20.4. The lowest BCUT2D eigenvalue weighted by Crippen LogP contribution is -2.37. The largest absolute Gasteiger partial charge is 0.489 e. The Balaban J connectivity index is 1.29. The van der Waals surface area contributed by atoms with Gasteiger partial charge in [0.05, 0.1) is 15.2 Å². The number of rotatable bonds is 4. The highest BCUT2D eigenvalue weighted by Gasteiger charge is 2.36. The van der Waals surface area contributed by atoms with Gasteiger partial charge in [0.15, 0.2) is 0 Å². The third-order valence-corrected chi connectivity index (χ3v) is 8.62. The molecule has 1 heterocycles. The molecule has 2 aromatic carbocycles. The lowest BCUT2D eigenvalue weighted by molar-refractivity contribution is 0.110. The number of fused-ring (bicyclic) bond motifs is 1. The maximum absolute atomic E-state index is 11.5. The molecule has 1 saturated heterocycles. The summed E-state index contributed by atoms with van der Waals surface area (Å²) >= 11 is 2.42. The fourth-order valence-electron chi connectivity index (χ4n) is 5.66. The Labute approximate surface area is 192 Å². The summed E-state index contributed by atoms with van der Waals surface area (Å²) in [4.78, 5) is 11.5. The second-order valence-electron chi connectivity index (χ2n) is 9.55. The van der Waals surface area contributed by atoms with Crippen LogP contribution in [-0.4, -0.2) is 18.8 Å². The smallest absolute Gasteiger partial charge is 0.408 e. The van der Waals surface area contributed by atoms with Crippen LogP contribution in [0.15, 0.2) is 30.3 Å². The molecular formula is C25H30INO3. The molecule has 0 spiro atoms. The number of ether oxygens (including phenoxy) is 2. The van der Waals surface area contributed by atoms with Crippen molar-refractivity contribution in [3.05, 3.63) is 39.5 Å². The summed E-state index contributed by atoms with van der Waals surface area (Å²) in [5.74, 6) is 2.92. The summed E-state index contributed by atoms with van der Waals surface area (Å²) in [6.07, 6.45) is 10.8. The molecule has 30 heavy (non-hydrogen) atoms. The van der Waals surface area contributed by atoms with E-state index in [1.807, 2.05) is 6.92 Å².